The lowest BCUT2D eigenvalue weighted by Gasteiger charge is -2.12. The lowest BCUT2D eigenvalue weighted by Crippen LogP contribution is -2.30. The molecule has 172 valence electrons. The van der Waals surface area contributed by atoms with Gasteiger partial charge in [-0.15, -0.1) is 0 Å². The van der Waals surface area contributed by atoms with Crippen LogP contribution in [0.25, 0.3) is 11.5 Å². The van der Waals surface area contributed by atoms with Crippen molar-refractivity contribution in [2.24, 2.45) is 0 Å². The monoisotopic (exact) mass is 461 g/mol. The molecule has 34 heavy (non-hydrogen) atoms. The Balaban J connectivity index is 1.57. The number of hydrogen-bond acceptors (Lipinski definition) is 5. The number of carbonyl (C=O) groups is 3. The van der Waals surface area contributed by atoms with Gasteiger partial charge in [-0.3, -0.25) is 14.4 Å². The Hall–Kier alpha value is -4.73. The van der Waals surface area contributed by atoms with Gasteiger partial charge in [0.05, 0.1) is 13.3 Å². The third-order valence-electron chi connectivity index (χ3n) is 4.94. The standard InChI is InChI=1S/C24H20FN5O4/c1-34-21(31)15-26-22(32)16-8-10-17(11-9-16)28-23(33)18-14-27-30(20-7-3-2-6-19(20)25)24(18)29-12-4-5-13-29/h2-14H,15H2,1H3,(H,26,32)(H,28,33). The summed E-state index contributed by atoms with van der Waals surface area (Å²) in [5.74, 6) is -1.59. The number of esters is 1. The highest BCUT2D eigenvalue weighted by Gasteiger charge is 2.21. The Morgan fingerprint density at radius 2 is 1.68 bits per heavy atom. The Labute approximate surface area is 193 Å². The van der Waals surface area contributed by atoms with Crippen LogP contribution in [0, 0.1) is 5.82 Å². The highest BCUT2D eigenvalue weighted by Crippen LogP contribution is 2.23. The number of rotatable bonds is 7. The molecule has 4 aromatic rings. The second-order valence-electron chi connectivity index (χ2n) is 7.13. The zero-order valence-electron chi connectivity index (χ0n) is 18.1. The first-order chi connectivity index (χ1) is 16.5. The van der Waals surface area contributed by atoms with Crippen molar-refractivity contribution >= 4 is 23.5 Å². The van der Waals surface area contributed by atoms with Crippen LogP contribution in [0.15, 0.2) is 79.3 Å². The molecule has 10 heteroatoms. The minimum absolute atomic E-state index is 0.201. The number of ether oxygens (including phenoxy) is 1. The first-order valence-electron chi connectivity index (χ1n) is 10.2. The highest BCUT2D eigenvalue weighted by atomic mass is 19.1. The second-order valence-corrected chi connectivity index (χ2v) is 7.13. The van der Waals surface area contributed by atoms with E-state index in [1.54, 1.807) is 59.4 Å². The van der Waals surface area contributed by atoms with Crippen molar-refractivity contribution in [3.63, 3.8) is 0 Å². The summed E-state index contributed by atoms with van der Waals surface area (Å²) in [6.07, 6.45) is 4.82. The first-order valence-corrected chi connectivity index (χ1v) is 10.2. The lowest BCUT2D eigenvalue weighted by molar-refractivity contribution is -0.139. The van der Waals surface area contributed by atoms with Gasteiger partial charge in [0.15, 0.2) is 5.82 Å². The summed E-state index contributed by atoms with van der Waals surface area (Å²) >= 11 is 0. The molecule has 0 spiro atoms. The van der Waals surface area contributed by atoms with Crippen molar-refractivity contribution in [1.29, 1.82) is 0 Å². The van der Waals surface area contributed by atoms with Crippen molar-refractivity contribution in [3.05, 3.63) is 96.2 Å². The fraction of sp³-hybridized carbons (Fsp3) is 0.0833. The maximum Gasteiger partial charge on any atom is 0.325 e. The Kier molecular flexibility index (Phi) is 6.49. The van der Waals surface area contributed by atoms with Gasteiger partial charge >= 0.3 is 5.97 Å². The second kappa shape index (κ2) is 9.82. The normalized spacial score (nSPS) is 10.5. The smallest absolute Gasteiger partial charge is 0.325 e. The van der Waals surface area contributed by atoms with Gasteiger partial charge in [-0.05, 0) is 48.5 Å². The van der Waals surface area contributed by atoms with E-state index in [9.17, 15) is 18.8 Å². The van der Waals surface area contributed by atoms with Crippen molar-refractivity contribution in [1.82, 2.24) is 19.7 Å². The summed E-state index contributed by atoms with van der Waals surface area (Å²) in [6.45, 7) is -0.248. The van der Waals surface area contributed by atoms with E-state index < -0.39 is 23.6 Å². The van der Waals surface area contributed by atoms with Crippen LogP contribution in [0.5, 0.6) is 0 Å². The molecule has 0 saturated carbocycles. The van der Waals surface area contributed by atoms with Crippen LogP contribution in [-0.2, 0) is 9.53 Å². The van der Waals surface area contributed by atoms with Crippen LogP contribution >= 0.6 is 0 Å². The molecule has 0 aliphatic rings. The van der Waals surface area contributed by atoms with Gasteiger partial charge in [-0.25, -0.2) is 9.07 Å². The molecule has 2 N–H and O–H groups in total. The largest absolute Gasteiger partial charge is 0.468 e. The summed E-state index contributed by atoms with van der Waals surface area (Å²) in [7, 11) is 1.23. The number of nitrogens with zero attached hydrogens (tertiary/aromatic N) is 3. The van der Waals surface area contributed by atoms with Gasteiger partial charge in [0.1, 0.15) is 23.6 Å². The Morgan fingerprint density at radius 3 is 2.35 bits per heavy atom. The minimum atomic E-state index is -0.563. The molecule has 9 nitrogen and oxygen atoms in total. The number of methoxy groups -OCH3 is 1. The third-order valence-corrected chi connectivity index (χ3v) is 4.94. The van der Waals surface area contributed by atoms with E-state index in [-0.39, 0.29) is 17.8 Å². The molecular weight excluding hydrogens is 441 g/mol. The fourth-order valence-electron chi connectivity index (χ4n) is 3.26. The number of hydrogen-bond donors (Lipinski definition) is 2. The molecule has 0 fully saturated rings. The van der Waals surface area contributed by atoms with Crippen LogP contribution in [-0.4, -0.2) is 45.8 Å². The third kappa shape index (κ3) is 4.70. The maximum absolute atomic E-state index is 14.4. The van der Waals surface area contributed by atoms with Crippen LogP contribution in [0.2, 0.25) is 0 Å². The van der Waals surface area contributed by atoms with Gasteiger partial charge < -0.3 is 19.9 Å². The van der Waals surface area contributed by atoms with Crippen molar-refractivity contribution in [2.45, 2.75) is 0 Å². The average Bonchev–Trinajstić information content (AvgIpc) is 3.53. The molecule has 0 saturated heterocycles. The first kappa shape index (κ1) is 22.5. The molecular formula is C24H20FN5O4. The number of aromatic nitrogens is 3. The van der Waals surface area contributed by atoms with Crippen LogP contribution in [0.4, 0.5) is 10.1 Å². The van der Waals surface area contributed by atoms with Gasteiger partial charge in [0.2, 0.25) is 0 Å². The molecule has 0 bridgehead atoms. The van der Waals surface area contributed by atoms with Crippen molar-refractivity contribution in [2.75, 3.05) is 19.0 Å². The SMILES string of the molecule is COC(=O)CNC(=O)c1ccc(NC(=O)c2cnn(-c3ccccc3F)c2-n2cccc2)cc1. The van der Waals surface area contributed by atoms with E-state index in [0.29, 0.717) is 17.1 Å². The number of para-hydroxylation sites is 1. The van der Waals surface area contributed by atoms with E-state index in [0.717, 1.165) is 0 Å². The molecule has 0 unspecified atom stereocenters. The van der Waals surface area contributed by atoms with E-state index in [1.807, 2.05) is 0 Å². The predicted octanol–water partition coefficient (Wildman–Crippen LogP) is 2.96. The molecule has 0 radical (unpaired) electrons. The summed E-state index contributed by atoms with van der Waals surface area (Å²) in [5.41, 5.74) is 1.17. The molecule has 2 heterocycles. The molecule has 0 aliphatic carbocycles. The van der Waals surface area contributed by atoms with Gasteiger partial charge in [-0.1, -0.05) is 12.1 Å². The minimum Gasteiger partial charge on any atom is -0.468 e. The molecule has 4 rings (SSSR count). The van der Waals surface area contributed by atoms with E-state index in [4.69, 9.17) is 0 Å². The van der Waals surface area contributed by atoms with E-state index in [1.165, 1.54) is 36.2 Å². The fourth-order valence-corrected chi connectivity index (χ4v) is 3.26. The molecule has 2 amide bonds. The molecule has 2 aromatic carbocycles. The number of benzene rings is 2. The molecule has 2 aromatic heterocycles. The number of halogens is 1. The molecule has 0 aliphatic heterocycles. The summed E-state index contributed by atoms with van der Waals surface area (Å²) in [6, 6.07) is 15.8. The number of amides is 2. The van der Waals surface area contributed by atoms with E-state index in [2.05, 4.69) is 20.5 Å². The lowest BCUT2D eigenvalue weighted by atomic mass is 10.2. The predicted molar refractivity (Wildman–Crippen MR) is 122 cm³/mol. The Bertz CT molecular complexity index is 1330. The van der Waals surface area contributed by atoms with Gasteiger partial charge in [0, 0.05) is 23.6 Å². The molecule has 0 atom stereocenters. The highest BCUT2D eigenvalue weighted by molar-refractivity contribution is 6.06. The van der Waals surface area contributed by atoms with E-state index >= 15 is 0 Å². The van der Waals surface area contributed by atoms with Gasteiger partial charge in [-0.2, -0.15) is 5.10 Å². The topological polar surface area (TPSA) is 107 Å². The average molecular weight is 461 g/mol. The van der Waals surface area contributed by atoms with Gasteiger partial charge in [0.25, 0.3) is 11.8 Å². The zero-order valence-corrected chi connectivity index (χ0v) is 18.1. The van der Waals surface area contributed by atoms with Crippen LogP contribution in [0.3, 0.4) is 0 Å². The van der Waals surface area contributed by atoms with Crippen molar-refractivity contribution < 1.29 is 23.5 Å². The summed E-state index contributed by atoms with van der Waals surface area (Å²) in [4.78, 5) is 36.4. The van der Waals surface area contributed by atoms with Crippen molar-refractivity contribution in [3.8, 4) is 11.5 Å². The zero-order chi connectivity index (χ0) is 24.1. The summed E-state index contributed by atoms with van der Waals surface area (Å²) in [5, 5.41) is 9.45. The van der Waals surface area contributed by atoms with Crippen LogP contribution < -0.4 is 10.6 Å². The number of nitrogens with one attached hydrogen (secondary N) is 2. The maximum atomic E-state index is 14.4. The van der Waals surface area contributed by atoms with Crippen LogP contribution in [0.1, 0.15) is 20.7 Å². The summed E-state index contributed by atoms with van der Waals surface area (Å²) < 4.78 is 22.0. The Morgan fingerprint density at radius 1 is 0.971 bits per heavy atom. The number of carbonyl (C=O) groups excluding carboxylic acids is 3. The number of anilines is 1. The quantitative estimate of drug-likeness (QED) is 0.412.